The summed E-state index contributed by atoms with van der Waals surface area (Å²) in [7, 11) is 0. The molecule has 0 aliphatic carbocycles. The Balaban J connectivity index is 4.10. The van der Waals surface area contributed by atoms with Crippen molar-refractivity contribution in [2.45, 2.75) is 26.4 Å². The van der Waals surface area contributed by atoms with E-state index in [1.54, 1.807) is 6.92 Å². The topological polar surface area (TPSA) is 27.0 Å². The Morgan fingerprint density at radius 3 is 2.36 bits per heavy atom. The molecular weight excluding hydrogens is 193 g/mol. The predicted octanol–water partition coefficient (Wildman–Crippen LogP) is 2.42. The zero-order valence-corrected chi connectivity index (χ0v) is 8.43. The second-order valence-corrected chi connectivity index (χ2v) is 3.38. The molecule has 0 N–H and O–H groups in total. The van der Waals surface area contributed by atoms with E-state index in [1.807, 2.05) is 13.0 Å². The van der Waals surface area contributed by atoms with Crippen molar-refractivity contribution in [1.29, 1.82) is 5.26 Å². The zero-order chi connectivity index (χ0) is 11.2. The lowest BCUT2D eigenvalue weighted by Gasteiger charge is -2.23. The fourth-order valence-electron chi connectivity index (χ4n) is 1.23. The number of nitrogens with zero attached hydrogens (tertiary/aromatic N) is 2. The molecular formula is C9H15F3N2. The van der Waals surface area contributed by atoms with Gasteiger partial charge in [-0.15, -0.1) is 0 Å². The van der Waals surface area contributed by atoms with Gasteiger partial charge in [0, 0.05) is 6.54 Å². The van der Waals surface area contributed by atoms with Crippen LogP contribution < -0.4 is 0 Å². The Labute approximate surface area is 82.3 Å². The van der Waals surface area contributed by atoms with Crippen LogP contribution in [-0.4, -0.2) is 30.7 Å². The normalized spacial score (nSPS) is 14.1. The highest BCUT2D eigenvalue weighted by molar-refractivity contribution is 4.81. The average molecular weight is 208 g/mol. The second kappa shape index (κ2) is 5.86. The number of alkyl halides is 3. The molecule has 0 amide bonds. The van der Waals surface area contributed by atoms with Crippen LogP contribution >= 0.6 is 0 Å². The summed E-state index contributed by atoms with van der Waals surface area (Å²) in [6, 6.07) is 1.93. The number of hydrogen-bond donors (Lipinski definition) is 0. The van der Waals surface area contributed by atoms with E-state index < -0.39 is 12.7 Å². The summed E-state index contributed by atoms with van der Waals surface area (Å²) in [5.41, 5.74) is 0. The van der Waals surface area contributed by atoms with E-state index in [9.17, 15) is 13.2 Å². The first-order chi connectivity index (χ1) is 6.39. The Bertz CT molecular complexity index is 195. The minimum atomic E-state index is -4.18. The van der Waals surface area contributed by atoms with Crippen LogP contribution in [0.3, 0.4) is 0 Å². The third-order valence-corrected chi connectivity index (χ3v) is 1.70. The third kappa shape index (κ3) is 6.72. The highest BCUT2D eigenvalue weighted by Crippen LogP contribution is 2.17. The van der Waals surface area contributed by atoms with Gasteiger partial charge in [0.2, 0.25) is 0 Å². The molecule has 1 unspecified atom stereocenters. The van der Waals surface area contributed by atoms with Gasteiger partial charge in [-0.25, -0.2) is 0 Å². The van der Waals surface area contributed by atoms with Gasteiger partial charge in [-0.05, 0) is 19.9 Å². The summed E-state index contributed by atoms with van der Waals surface area (Å²) in [5.74, 6) is -0.357. The van der Waals surface area contributed by atoms with Crippen LogP contribution in [-0.2, 0) is 0 Å². The molecule has 0 bridgehead atoms. The van der Waals surface area contributed by atoms with Gasteiger partial charge in [0.15, 0.2) is 0 Å². The predicted molar refractivity (Wildman–Crippen MR) is 47.6 cm³/mol. The molecule has 0 aromatic carbocycles. The van der Waals surface area contributed by atoms with E-state index in [0.29, 0.717) is 13.0 Å². The molecule has 0 aromatic heterocycles. The molecule has 14 heavy (non-hydrogen) atoms. The lowest BCUT2D eigenvalue weighted by molar-refractivity contribution is -0.146. The summed E-state index contributed by atoms with van der Waals surface area (Å²) in [4.78, 5) is 1.27. The quantitative estimate of drug-likeness (QED) is 0.693. The maximum Gasteiger partial charge on any atom is 0.401 e. The van der Waals surface area contributed by atoms with Crippen molar-refractivity contribution in [2.75, 3.05) is 19.6 Å². The highest BCUT2D eigenvalue weighted by atomic mass is 19.4. The molecule has 0 saturated carbocycles. The van der Waals surface area contributed by atoms with Crippen LogP contribution in [0.2, 0.25) is 0 Å². The summed E-state index contributed by atoms with van der Waals surface area (Å²) in [6.07, 6.45) is -3.52. The summed E-state index contributed by atoms with van der Waals surface area (Å²) in [5, 5.41) is 8.49. The molecule has 0 aliphatic heterocycles. The molecule has 0 rings (SSSR count). The van der Waals surface area contributed by atoms with Crippen LogP contribution in [0, 0.1) is 17.2 Å². The molecule has 2 nitrogen and oxygen atoms in total. The molecule has 82 valence electrons. The maximum absolute atomic E-state index is 12.1. The second-order valence-electron chi connectivity index (χ2n) is 3.38. The van der Waals surface area contributed by atoms with Crippen molar-refractivity contribution in [3.05, 3.63) is 0 Å². The lowest BCUT2D eigenvalue weighted by atomic mass is 10.2. The van der Waals surface area contributed by atoms with E-state index in [4.69, 9.17) is 5.26 Å². The van der Waals surface area contributed by atoms with Crippen LogP contribution in [0.5, 0.6) is 0 Å². The molecule has 1 atom stereocenters. The number of rotatable bonds is 5. The lowest BCUT2D eigenvalue weighted by Crippen LogP contribution is -2.37. The number of nitriles is 1. The summed E-state index contributed by atoms with van der Waals surface area (Å²) in [6.45, 7) is 3.09. The van der Waals surface area contributed by atoms with E-state index in [0.717, 1.165) is 0 Å². The first kappa shape index (κ1) is 13.2. The SMILES string of the molecule is CCCN(CC(C)C#N)CC(F)(F)F. The van der Waals surface area contributed by atoms with Crippen LogP contribution in [0.15, 0.2) is 0 Å². The monoisotopic (exact) mass is 208 g/mol. The molecule has 5 heteroatoms. The summed E-state index contributed by atoms with van der Waals surface area (Å²) >= 11 is 0. The molecule has 0 aromatic rings. The van der Waals surface area contributed by atoms with Gasteiger partial charge in [0.1, 0.15) is 0 Å². The van der Waals surface area contributed by atoms with E-state index in [-0.39, 0.29) is 12.5 Å². The number of halogens is 3. The number of hydrogen-bond acceptors (Lipinski definition) is 2. The average Bonchev–Trinajstić information content (AvgIpc) is 2.01. The van der Waals surface area contributed by atoms with Gasteiger partial charge in [0.05, 0.1) is 18.5 Å². The minimum Gasteiger partial charge on any atom is -0.294 e. The molecule has 0 radical (unpaired) electrons. The molecule has 0 spiro atoms. The van der Waals surface area contributed by atoms with Gasteiger partial charge >= 0.3 is 6.18 Å². The van der Waals surface area contributed by atoms with E-state index in [2.05, 4.69) is 0 Å². The fourth-order valence-corrected chi connectivity index (χ4v) is 1.23. The molecule has 0 aliphatic rings. The van der Waals surface area contributed by atoms with Gasteiger partial charge < -0.3 is 0 Å². The Hall–Kier alpha value is -0.760. The largest absolute Gasteiger partial charge is 0.401 e. The van der Waals surface area contributed by atoms with E-state index in [1.165, 1.54) is 4.90 Å². The van der Waals surface area contributed by atoms with Crippen molar-refractivity contribution in [3.63, 3.8) is 0 Å². The van der Waals surface area contributed by atoms with Crippen molar-refractivity contribution >= 4 is 0 Å². The smallest absolute Gasteiger partial charge is 0.294 e. The summed E-state index contributed by atoms with van der Waals surface area (Å²) < 4.78 is 36.2. The van der Waals surface area contributed by atoms with Crippen LogP contribution in [0.1, 0.15) is 20.3 Å². The van der Waals surface area contributed by atoms with Gasteiger partial charge in [-0.3, -0.25) is 4.90 Å². The Morgan fingerprint density at radius 1 is 1.43 bits per heavy atom. The standard InChI is InChI=1S/C9H15F3N2/c1-3-4-14(6-8(2)5-13)7-9(10,11)12/h8H,3-4,6-7H2,1-2H3. The van der Waals surface area contributed by atoms with E-state index >= 15 is 0 Å². The van der Waals surface area contributed by atoms with Crippen molar-refractivity contribution in [2.24, 2.45) is 5.92 Å². The van der Waals surface area contributed by atoms with Crippen LogP contribution in [0.25, 0.3) is 0 Å². The fraction of sp³-hybridized carbons (Fsp3) is 0.889. The Kier molecular flexibility index (Phi) is 5.55. The van der Waals surface area contributed by atoms with Crippen LogP contribution in [0.4, 0.5) is 13.2 Å². The van der Waals surface area contributed by atoms with Crippen molar-refractivity contribution < 1.29 is 13.2 Å². The first-order valence-electron chi connectivity index (χ1n) is 4.57. The third-order valence-electron chi connectivity index (χ3n) is 1.70. The first-order valence-corrected chi connectivity index (χ1v) is 4.57. The molecule has 0 fully saturated rings. The zero-order valence-electron chi connectivity index (χ0n) is 8.43. The van der Waals surface area contributed by atoms with Crippen molar-refractivity contribution in [3.8, 4) is 6.07 Å². The Morgan fingerprint density at radius 2 is 2.00 bits per heavy atom. The minimum absolute atomic E-state index is 0.184. The van der Waals surface area contributed by atoms with Crippen molar-refractivity contribution in [1.82, 2.24) is 4.90 Å². The van der Waals surface area contributed by atoms with Gasteiger partial charge in [-0.2, -0.15) is 18.4 Å². The van der Waals surface area contributed by atoms with Gasteiger partial charge in [-0.1, -0.05) is 6.92 Å². The maximum atomic E-state index is 12.1. The molecule has 0 saturated heterocycles. The van der Waals surface area contributed by atoms with Gasteiger partial charge in [0.25, 0.3) is 0 Å². The highest BCUT2D eigenvalue weighted by Gasteiger charge is 2.30. The molecule has 0 heterocycles.